The molecule has 3 aromatic rings. The summed E-state index contributed by atoms with van der Waals surface area (Å²) in [6, 6.07) is 11.4. The quantitative estimate of drug-likeness (QED) is 0.779. The normalized spacial score (nSPS) is 12.3. The maximum atomic E-state index is 12.6. The Morgan fingerprint density at radius 2 is 1.95 bits per heavy atom. The van der Waals surface area contributed by atoms with Crippen molar-refractivity contribution in [3.63, 3.8) is 0 Å². The van der Waals surface area contributed by atoms with Gasteiger partial charge < -0.3 is 14.9 Å². The van der Waals surface area contributed by atoms with Crippen molar-refractivity contribution in [3.05, 3.63) is 70.3 Å². The summed E-state index contributed by atoms with van der Waals surface area (Å²) in [4.78, 5) is 27.5. The van der Waals surface area contributed by atoms with Gasteiger partial charge in [0, 0.05) is 24.8 Å². The zero-order valence-electron chi connectivity index (χ0n) is 12.5. The maximum Gasteiger partial charge on any atom is 0.274 e. The fraction of sp³-hybridized carbons (Fsp3) is 0.176. The molecular weight excluding hydrogens is 278 g/mol. The van der Waals surface area contributed by atoms with E-state index in [-0.39, 0.29) is 17.5 Å². The maximum absolute atomic E-state index is 12.6. The van der Waals surface area contributed by atoms with E-state index in [4.69, 9.17) is 0 Å². The van der Waals surface area contributed by atoms with Crippen LogP contribution in [-0.2, 0) is 7.05 Å². The Balaban J connectivity index is 1.95. The Bertz CT molecular complexity index is 878. The van der Waals surface area contributed by atoms with E-state index in [1.807, 2.05) is 37.3 Å². The summed E-state index contributed by atoms with van der Waals surface area (Å²) in [7, 11) is 1.64. The van der Waals surface area contributed by atoms with Gasteiger partial charge in [-0.15, -0.1) is 0 Å². The highest BCUT2D eigenvalue weighted by Gasteiger charge is 2.16. The molecular formula is C17H17N3O2. The van der Waals surface area contributed by atoms with Gasteiger partial charge in [0.25, 0.3) is 11.5 Å². The first-order valence-corrected chi connectivity index (χ1v) is 7.10. The smallest absolute Gasteiger partial charge is 0.274 e. The molecule has 3 rings (SSSR count). The molecule has 1 aromatic carbocycles. The first-order chi connectivity index (χ1) is 10.6. The van der Waals surface area contributed by atoms with Gasteiger partial charge in [-0.05, 0) is 18.6 Å². The van der Waals surface area contributed by atoms with Crippen LogP contribution in [-0.4, -0.2) is 15.5 Å². The lowest BCUT2D eigenvalue weighted by Gasteiger charge is -2.15. The van der Waals surface area contributed by atoms with Gasteiger partial charge in [0.2, 0.25) is 0 Å². The zero-order valence-corrected chi connectivity index (χ0v) is 12.5. The lowest BCUT2D eigenvalue weighted by molar-refractivity contribution is 0.0941. The fourth-order valence-corrected chi connectivity index (χ4v) is 2.55. The number of hydrogen-bond donors (Lipinski definition) is 2. The van der Waals surface area contributed by atoms with Gasteiger partial charge in [0.05, 0.1) is 11.6 Å². The number of aromatic nitrogens is 2. The number of H-pyrrole nitrogens is 1. The van der Waals surface area contributed by atoms with Gasteiger partial charge in [-0.25, -0.2) is 0 Å². The molecule has 22 heavy (non-hydrogen) atoms. The minimum Gasteiger partial charge on any atom is -0.357 e. The molecule has 0 radical (unpaired) electrons. The van der Waals surface area contributed by atoms with Crippen LogP contribution in [0.25, 0.3) is 10.9 Å². The SMILES string of the molecule is C[C@H](NC(=O)c1cn(C)c(=O)c2[nH]ccc12)c1ccccc1. The second-order valence-electron chi connectivity index (χ2n) is 5.33. The molecule has 0 aliphatic heterocycles. The Kier molecular flexibility index (Phi) is 3.55. The topological polar surface area (TPSA) is 66.9 Å². The molecule has 0 saturated carbocycles. The van der Waals surface area contributed by atoms with Crippen molar-refractivity contribution in [2.75, 3.05) is 0 Å². The monoisotopic (exact) mass is 295 g/mol. The molecule has 1 atom stereocenters. The second kappa shape index (κ2) is 5.52. The summed E-state index contributed by atoms with van der Waals surface area (Å²) >= 11 is 0. The number of benzene rings is 1. The highest BCUT2D eigenvalue weighted by atomic mass is 16.2. The lowest BCUT2D eigenvalue weighted by Crippen LogP contribution is -2.28. The average Bonchev–Trinajstić information content (AvgIpc) is 3.01. The molecule has 0 fully saturated rings. The molecule has 5 heteroatoms. The first kappa shape index (κ1) is 14.1. The van der Waals surface area contributed by atoms with Crippen molar-refractivity contribution in [1.82, 2.24) is 14.9 Å². The number of pyridine rings is 1. The number of nitrogens with zero attached hydrogens (tertiary/aromatic N) is 1. The number of fused-ring (bicyclic) bond motifs is 1. The van der Waals surface area contributed by atoms with Gasteiger partial charge in [0.1, 0.15) is 5.52 Å². The van der Waals surface area contributed by atoms with Crippen LogP contribution >= 0.6 is 0 Å². The number of nitrogens with one attached hydrogen (secondary N) is 2. The Hall–Kier alpha value is -2.82. The molecule has 2 aromatic heterocycles. The summed E-state index contributed by atoms with van der Waals surface area (Å²) in [5, 5.41) is 3.61. The highest BCUT2D eigenvalue weighted by Crippen LogP contribution is 2.17. The van der Waals surface area contributed by atoms with E-state index in [9.17, 15) is 9.59 Å². The van der Waals surface area contributed by atoms with Crippen LogP contribution in [0.3, 0.4) is 0 Å². The van der Waals surface area contributed by atoms with Crippen LogP contribution in [0, 0.1) is 0 Å². The van der Waals surface area contributed by atoms with Gasteiger partial charge >= 0.3 is 0 Å². The van der Waals surface area contributed by atoms with E-state index in [0.29, 0.717) is 16.5 Å². The van der Waals surface area contributed by atoms with Crippen LogP contribution in [0.4, 0.5) is 0 Å². The van der Waals surface area contributed by atoms with Crippen molar-refractivity contribution in [3.8, 4) is 0 Å². The predicted molar refractivity (Wildman–Crippen MR) is 85.9 cm³/mol. The molecule has 0 spiro atoms. The van der Waals surface area contributed by atoms with Crippen molar-refractivity contribution in [2.45, 2.75) is 13.0 Å². The molecule has 1 amide bonds. The summed E-state index contributed by atoms with van der Waals surface area (Å²) in [6.07, 6.45) is 3.25. The van der Waals surface area contributed by atoms with E-state index in [2.05, 4.69) is 10.3 Å². The number of aryl methyl sites for hydroxylation is 1. The number of aromatic amines is 1. The molecule has 2 heterocycles. The summed E-state index contributed by atoms with van der Waals surface area (Å²) in [6.45, 7) is 1.93. The Morgan fingerprint density at radius 3 is 2.68 bits per heavy atom. The average molecular weight is 295 g/mol. The molecule has 0 aliphatic carbocycles. The van der Waals surface area contributed by atoms with Gasteiger partial charge in [0.15, 0.2) is 0 Å². The van der Waals surface area contributed by atoms with Crippen molar-refractivity contribution in [2.24, 2.45) is 7.05 Å². The summed E-state index contributed by atoms with van der Waals surface area (Å²) in [5.41, 5.74) is 1.82. The third kappa shape index (κ3) is 2.41. The molecule has 112 valence electrons. The standard InChI is InChI=1S/C17H17N3O2/c1-11(12-6-4-3-5-7-12)19-16(21)14-10-20(2)17(22)15-13(14)8-9-18-15/h3-11,18H,1-2H3,(H,19,21)/t11-/m0/s1. The molecule has 5 nitrogen and oxygen atoms in total. The van der Waals surface area contributed by atoms with Crippen molar-refractivity contribution >= 4 is 16.8 Å². The third-order valence-corrected chi connectivity index (χ3v) is 3.79. The summed E-state index contributed by atoms with van der Waals surface area (Å²) in [5.74, 6) is -0.198. The van der Waals surface area contributed by atoms with Crippen LogP contribution in [0.15, 0.2) is 53.6 Å². The fourth-order valence-electron chi connectivity index (χ4n) is 2.55. The Labute approximate surface area is 127 Å². The number of hydrogen-bond acceptors (Lipinski definition) is 2. The van der Waals surface area contributed by atoms with Crippen LogP contribution in [0.5, 0.6) is 0 Å². The molecule has 0 saturated heterocycles. The highest BCUT2D eigenvalue weighted by molar-refractivity contribution is 6.06. The van der Waals surface area contributed by atoms with Crippen molar-refractivity contribution in [1.29, 1.82) is 0 Å². The van der Waals surface area contributed by atoms with Gasteiger partial charge in [-0.1, -0.05) is 30.3 Å². The van der Waals surface area contributed by atoms with Crippen LogP contribution < -0.4 is 10.9 Å². The molecule has 2 N–H and O–H groups in total. The largest absolute Gasteiger partial charge is 0.357 e. The minimum absolute atomic E-state index is 0.111. The van der Waals surface area contributed by atoms with E-state index >= 15 is 0 Å². The first-order valence-electron chi connectivity index (χ1n) is 7.10. The number of rotatable bonds is 3. The predicted octanol–water partition coefficient (Wildman–Crippen LogP) is 2.36. The van der Waals surface area contributed by atoms with Crippen molar-refractivity contribution < 1.29 is 4.79 Å². The number of carbonyl (C=O) groups excluding carboxylic acids is 1. The zero-order chi connectivity index (χ0) is 15.7. The van der Waals surface area contributed by atoms with E-state index in [0.717, 1.165) is 5.56 Å². The Morgan fingerprint density at radius 1 is 1.23 bits per heavy atom. The van der Waals surface area contributed by atoms with Gasteiger partial charge in [-0.3, -0.25) is 9.59 Å². The minimum atomic E-state index is -0.198. The third-order valence-electron chi connectivity index (χ3n) is 3.79. The van der Waals surface area contributed by atoms with E-state index < -0.39 is 0 Å². The van der Waals surface area contributed by atoms with E-state index in [1.54, 1.807) is 25.5 Å². The van der Waals surface area contributed by atoms with Crippen LogP contribution in [0.1, 0.15) is 28.9 Å². The van der Waals surface area contributed by atoms with Gasteiger partial charge in [-0.2, -0.15) is 0 Å². The molecule has 0 bridgehead atoms. The molecule has 0 unspecified atom stereocenters. The van der Waals surface area contributed by atoms with Crippen LogP contribution in [0.2, 0.25) is 0 Å². The number of carbonyl (C=O) groups is 1. The molecule has 0 aliphatic rings. The summed E-state index contributed by atoms with van der Waals surface area (Å²) < 4.78 is 1.42. The second-order valence-corrected chi connectivity index (χ2v) is 5.33. The van der Waals surface area contributed by atoms with E-state index in [1.165, 1.54) is 4.57 Å². The number of amides is 1. The lowest BCUT2D eigenvalue weighted by atomic mass is 10.1.